The zero-order valence-electron chi connectivity index (χ0n) is 13.5. The number of aromatic nitrogens is 1. The Morgan fingerprint density at radius 1 is 1.12 bits per heavy atom. The maximum atomic E-state index is 14.0. The van der Waals surface area contributed by atoms with Crippen molar-refractivity contribution in [3.05, 3.63) is 54.2 Å². The van der Waals surface area contributed by atoms with Gasteiger partial charge in [0, 0.05) is 18.1 Å². The number of nitrogens with two attached hydrogens (primary N) is 1. The summed E-state index contributed by atoms with van der Waals surface area (Å²) in [6.07, 6.45) is 0. The van der Waals surface area contributed by atoms with E-state index in [-0.39, 0.29) is 10.6 Å². The van der Waals surface area contributed by atoms with Gasteiger partial charge in [-0.3, -0.25) is 0 Å². The van der Waals surface area contributed by atoms with E-state index < -0.39 is 15.8 Å². The van der Waals surface area contributed by atoms with Crippen LogP contribution in [0.15, 0.2) is 51.8 Å². The van der Waals surface area contributed by atoms with Crippen molar-refractivity contribution < 1.29 is 22.0 Å². The van der Waals surface area contributed by atoms with Crippen LogP contribution in [0.4, 0.5) is 4.39 Å². The SMILES string of the molecule is COc1ccc(-c2oc(C)nc2-c2ccc(S(N)(=O)=O)cc2)cc1F. The molecular formula is C17H15FN2O4S. The van der Waals surface area contributed by atoms with Gasteiger partial charge >= 0.3 is 0 Å². The van der Waals surface area contributed by atoms with E-state index in [0.717, 1.165) is 0 Å². The van der Waals surface area contributed by atoms with Gasteiger partial charge in [-0.25, -0.2) is 22.9 Å². The van der Waals surface area contributed by atoms with Gasteiger partial charge < -0.3 is 9.15 Å². The molecule has 8 heteroatoms. The summed E-state index contributed by atoms with van der Waals surface area (Å²) >= 11 is 0. The molecule has 0 amide bonds. The van der Waals surface area contributed by atoms with Gasteiger partial charge in [-0.1, -0.05) is 12.1 Å². The summed E-state index contributed by atoms with van der Waals surface area (Å²) in [6.45, 7) is 1.67. The lowest BCUT2D eigenvalue weighted by atomic mass is 10.1. The van der Waals surface area contributed by atoms with Gasteiger partial charge in [-0.15, -0.1) is 0 Å². The summed E-state index contributed by atoms with van der Waals surface area (Å²) in [7, 11) is -2.40. The second-order valence-electron chi connectivity index (χ2n) is 5.33. The van der Waals surface area contributed by atoms with Crippen LogP contribution in [0.25, 0.3) is 22.6 Å². The maximum Gasteiger partial charge on any atom is 0.238 e. The summed E-state index contributed by atoms with van der Waals surface area (Å²) in [4.78, 5) is 4.31. The molecule has 0 radical (unpaired) electrons. The molecule has 1 aromatic heterocycles. The van der Waals surface area contributed by atoms with Crippen molar-refractivity contribution in [2.45, 2.75) is 11.8 Å². The second kappa shape index (κ2) is 6.30. The Kier molecular flexibility index (Phi) is 4.32. The number of hydrogen-bond donors (Lipinski definition) is 1. The lowest BCUT2D eigenvalue weighted by molar-refractivity contribution is 0.386. The zero-order chi connectivity index (χ0) is 18.2. The molecule has 0 aliphatic heterocycles. The van der Waals surface area contributed by atoms with Crippen LogP contribution in [-0.4, -0.2) is 20.5 Å². The molecule has 1 heterocycles. The summed E-state index contributed by atoms with van der Waals surface area (Å²) in [5.41, 5.74) is 1.59. The molecule has 0 saturated carbocycles. The number of primary sulfonamides is 1. The van der Waals surface area contributed by atoms with E-state index in [1.165, 1.54) is 31.4 Å². The van der Waals surface area contributed by atoms with Crippen LogP contribution in [-0.2, 0) is 10.0 Å². The van der Waals surface area contributed by atoms with Crippen LogP contribution in [0.5, 0.6) is 5.75 Å². The summed E-state index contributed by atoms with van der Waals surface area (Å²) in [5.74, 6) is 0.378. The van der Waals surface area contributed by atoms with Crippen molar-refractivity contribution in [1.82, 2.24) is 4.98 Å². The summed E-state index contributed by atoms with van der Waals surface area (Å²) in [6, 6.07) is 10.3. The van der Waals surface area contributed by atoms with E-state index in [2.05, 4.69) is 4.98 Å². The minimum absolute atomic E-state index is 0.00601. The molecule has 2 N–H and O–H groups in total. The van der Waals surface area contributed by atoms with Gasteiger partial charge in [0.15, 0.2) is 23.2 Å². The molecule has 130 valence electrons. The van der Waals surface area contributed by atoms with E-state index >= 15 is 0 Å². The molecule has 6 nitrogen and oxygen atoms in total. The highest BCUT2D eigenvalue weighted by atomic mass is 32.2. The molecule has 0 aliphatic rings. The number of halogens is 1. The number of rotatable bonds is 4. The Hall–Kier alpha value is -2.71. The fraction of sp³-hybridized carbons (Fsp3) is 0.118. The first-order chi connectivity index (χ1) is 11.8. The smallest absolute Gasteiger partial charge is 0.238 e. The molecule has 0 unspecified atom stereocenters. The van der Waals surface area contributed by atoms with Gasteiger partial charge in [-0.05, 0) is 30.3 Å². The molecular weight excluding hydrogens is 347 g/mol. The highest BCUT2D eigenvalue weighted by molar-refractivity contribution is 7.89. The molecule has 0 saturated heterocycles. The molecule has 3 aromatic rings. The predicted molar refractivity (Wildman–Crippen MR) is 90.0 cm³/mol. The fourth-order valence-corrected chi connectivity index (χ4v) is 2.94. The molecule has 0 aliphatic carbocycles. The van der Waals surface area contributed by atoms with Crippen LogP contribution < -0.4 is 9.88 Å². The van der Waals surface area contributed by atoms with Crippen molar-refractivity contribution in [2.24, 2.45) is 5.14 Å². The Labute approximate surface area is 144 Å². The molecule has 0 fully saturated rings. The number of hydrogen-bond acceptors (Lipinski definition) is 5. The third-order valence-corrected chi connectivity index (χ3v) is 4.53. The number of aryl methyl sites for hydroxylation is 1. The van der Waals surface area contributed by atoms with Crippen LogP contribution in [0.2, 0.25) is 0 Å². The molecule has 0 bridgehead atoms. The van der Waals surface area contributed by atoms with Crippen LogP contribution in [0.1, 0.15) is 5.89 Å². The molecule has 2 aromatic carbocycles. The number of methoxy groups -OCH3 is 1. The largest absolute Gasteiger partial charge is 0.494 e. The minimum atomic E-state index is -3.78. The lowest BCUT2D eigenvalue weighted by Crippen LogP contribution is -2.11. The number of ether oxygens (including phenoxy) is 1. The molecule has 25 heavy (non-hydrogen) atoms. The Morgan fingerprint density at radius 2 is 1.76 bits per heavy atom. The Balaban J connectivity index is 2.09. The summed E-state index contributed by atoms with van der Waals surface area (Å²) < 4.78 is 47.2. The van der Waals surface area contributed by atoms with Gasteiger partial charge in [0.1, 0.15) is 5.69 Å². The van der Waals surface area contributed by atoms with Crippen LogP contribution in [0, 0.1) is 12.7 Å². The normalized spacial score (nSPS) is 11.5. The van der Waals surface area contributed by atoms with Crippen molar-refractivity contribution in [3.63, 3.8) is 0 Å². The predicted octanol–water partition coefficient (Wildman–Crippen LogP) is 3.11. The quantitative estimate of drug-likeness (QED) is 0.769. The zero-order valence-corrected chi connectivity index (χ0v) is 14.3. The Bertz CT molecular complexity index is 1030. The van der Waals surface area contributed by atoms with Crippen molar-refractivity contribution in [1.29, 1.82) is 0 Å². The van der Waals surface area contributed by atoms with Crippen molar-refractivity contribution in [3.8, 4) is 28.3 Å². The topological polar surface area (TPSA) is 95.4 Å². The first-order valence-corrected chi connectivity index (χ1v) is 8.79. The van der Waals surface area contributed by atoms with Gasteiger partial charge in [0.05, 0.1) is 12.0 Å². The highest BCUT2D eigenvalue weighted by Crippen LogP contribution is 2.34. The molecule has 3 rings (SSSR count). The average Bonchev–Trinajstić information content (AvgIpc) is 2.96. The molecule has 0 atom stereocenters. The number of benzene rings is 2. The number of nitrogens with zero attached hydrogens (tertiary/aromatic N) is 1. The standard InChI is InChI=1S/C17H15FN2O4S/c1-10-20-16(11-3-6-13(7-4-11)25(19,21)22)17(24-10)12-5-8-15(23-2)14(18)9-12/h3-9H,1-2H3,(H2,19,21,22). The first kappa shape index (κ1) is 17.1. The first-order valence-electron chi connectivity index (χ1n) is 7.24. The highest BCUT2D eigenvalue weighted by Gasteiger charge is 2.18. The van der Waals surface area contributed by atoms with Gasteiger partial charge in [-0.2, -0.15) is 0 Å². The third-order valence-electron chi connectivity index (χ3n) is 3.60. The monoisotopic (exact) mass is 362 g/mol. The summed E-state index contributed by atoms with van der Waals surface area (Å²) in [5, 5.41) is 5.10. The van der Waals surface area contributed by atoms with Gasteiger partial charge in [0.25, 0.3) is 0 Å². The minimum Gasteiger partial charge on any atom is -0.494 e. The maximum absolute atomic E-state index is 14.0. The third kappa shape index (κ3) is 3.40. The van der Waals surface area contributed by atoms with Crippen LogP contribution in [0.3, 0.4) is 0 Å². The average molecular weight is 362 g/mol. The second-order valence-corrected chi connectivity index (χ2v) is 6.89. The van der Waals surface area contributed by atoms with Gasteiger partial charge in [0.2, 0.25) is 10.0 Å². The van der Waals surface area contributed by atoms with Crippen LogP contribution >= 0.6 is 0 Å². The van der Waals surface area contributed by atoms with E-state index in [1.54, 1.807) is 25.1 Å². The number of sulfonamides is 1. The van der Waals surface area contributed by atoms with E-state index in [9.17, 15) is 12.8 Å². The Morgan fingerprint density at radius 3 is 2.32 bits per heavy atom. The number of oxazole rings is 1. The fourth-order valence-electron chi connectivity index (χ4n) is 2.43. The van der Waals surface area contributed by atoms with Crippen molar-refractivity contribution >= 4 is 10.0 Å². The van der Waals surface area contributed by atoms with E-state index in [0.29, 0.717) is 28.5 Å². The van der Waals surface area contributed by atoms with E-state index in [1.807, 2.05) is 0 Å². The van der Waals surface area contributed by atoms with Crippen molar-refractivity contribution in [2.75, 3.05) is 7.11 Å². The molecule has 0 spiro atoms. The van der Waals surface area contributed by atoms with E-state index in [4.69, 9.17) is 14.3 Å². The lowest BCUT2D eigenvalue weighted by Gasteiger charge is -2.05.